The molecule has 0 unspecified atom stereocenters. The van der Waals surface area contributed by atoms with Crippen molar-refractivity contribution >= 4 is 45.8 Å². The Morgan fingerprint density at radius 2 is 1.72 bits per heavy atom. The molecule has 0 bridgehead atoms. The summed E-state index contributed by atoms with van der Waals surface area (Å²) in [5.41, 5.74) is 4.23. The van der Waals surface area contributed by atoms with Crippen molar-refractivity contribution in [2.45, 2.75) is 19.0 Å². The highest BCUT2D eigenvalue weighted by Gasteiger charge is 2.33. The van der Waals surface area contributed by atoms with E-state index >= 15 is 0 Å². The van der Waals surface area contributed by atoms with Gasteiger partial charge in [-0.3, -0.25) is 4.79 Å². The highest BCUT2D eigenvalue weighted by molar-refractivity contribution is 6.34. The van der Waals surface area contributed by atoms with Gasteiger partial charge in [0.25, 0.3) is 0 Å². The lowest BCUT2D eigenvalue weighted by Crippen LogP contribution is -2.40. The van der Waals surface area contributed by atoms with Crippen molar-refractivity contribution in [3.05, 3.63) is 107 Å². The molecule has 0 spiro atoms. The Kier molecular flexibility index (Phi) is 6.64. The molecular weight excluding hydrogens is 476 g/mol. The van der Waals surface area contributed by atoms with E-state index in [4.69, 9.17) is 21.7 Å². The quantitative estimate of drug-likeness (QED) is 0.274. The summed E-state index contributed by atoms with van der Waals surface area (Å²) in [6, 6.07) is 24.9. The van der Waals surface area contributed by atoms with Gasteiger partial charge >= 0.3 is 6.09 Å². The van der Waals surface area contributed by atoms with Crippen LogP contribution in [0.3, 0.4) is 0 Å². The molecule has 1 aliphatic rings. The van der Waals surface area contributed by atoms with Crippen molar-refractivity contribution in [1.82, 2.24) is 15.2 Å². The van der Waals surface area contributed by atoms with E-state index in [1.165, 1.54) is 0 Å². The van der Waals surface area contributed by atoms with Crippen molar-refractivity contribution in [1.29, 1.82) is 0 Å². The first kappa shape index (κ1) is 23.5. The standard InChI is InChI=1S/C28H23ClN4O3/c29-26-22-15-21(17-33-14-12-23(27(33)34)32-28(35)36)24(16-20(22)11-13-30-26)31-25(18-7-3-1-4-8-18)19-9-5-2-6-10-19/h1-11,13,15-16,23,32H,12,14,17H2,(H,35,36)/t23-/m0/s1. The molecule has 2 amide bonds. The number of fused-ring (bicyclic) bond motifs is 1. The summed E-state index contributed by atoms with van der Waals surface area (Å²) in [4.78, 5) is 34.9. The Balaban J connectivity index is 1.62. The summed E-state index contributed by atoms with van der Waals surface area (Å²) < 4.78 is 0. The first-order valence-electron chi connectivity index (χ1n) is 11.5. The smallest absolute Gasteiger partial charge is 0.405 e. The number of pyridine rings is 1. The van der Waals surface area contributed by atoms with Gasteiger partial charge in [0, 0.05) is 35.8 Å². The number of halogens is 1. The van der Waals surface area contributed by atoms with Crippen LogP contribution in [0.25, 0.3) is 10.8 Å². The zero-order valence-corrected chi connectivity index (χ0v) is 20.0. The van der Waals surface area contributed by atoms with Crippen molar-refractivity contribution in [2.75, 3.05) is 6.54 Å². The Labute approximate surface area is 213 Å². The van der Waals surface area contributed by atoms with E-state index in [1.807, 2.05) is 78.9 Å². The molecule has 0 saturated carbocycles. The summed E-state index contributed by atoms with van der Waals surface area (Å²) in [7, 11) is 0. The van der Waals surface area contributed by atoms with Crippen LogP contribution in [0.4, 0.5) is 10.5 Å². The number of rotatable bonds is 6. The van der Waals surface area contributed by atoms with Crippen LogP contribution in [-0.2, 0) is 11.3 Å². The third kappa shape index (κ3) is 4.92. The van der Waals surface area contributed by atoms with Crippen LogP contribution in [0.1, 0.15) is 23.1 Å². The Hall–Kier alpha value is -4.23. The second-order valence-corrected chi connectivity index (χ2v) is 8.90. The average Bonchev–Trinajstić information content (AvgIpc) is 3.22. The fourth-order valence-electron chi connectivity index (χ4n) is 4.44. The zero-order valence-electron chi connectivity index (χ0n) is 19.3. The maximum absolute atomic E-state index is 12.9. The second kappa shape index (κ2) is 10.2. The maximum atomic E-state index is 12.9. The predicted octanol–water partition coefficient (Wildman–Crippen LogP) is 5.43. The van der Waals surface area contributed by atoms with Gasteiger partial charge in [0.05, 0.1) is 11.4 Å². The van der Waals surface area contributed by atoms with Gasteiger partial charge in [-0.05, 0) is 35.6 Å². The van der Waals surface area contributed by atoms with Crippen LogP contribution in [0, 0.1) is 0 Å². The van der Waals surface area contributed by atoms with E-state index in [0.29, 0.717) is 23.8 Å². The number of amides is 2. The van der Waals surface area contributed by atoms with Crippen LogP contribution < -0.4 is 5.32 Å². The number of carbonyl (C=O) groups excluding carboxylic acids is 1. The molecule has 3 aromatic carbocycles. The molecule has 36 heavy (non-hydrogen) atoms. The fraction of sp³-hybridized carbons (Fsp3) is 0.143. The highest BCUT2D eigenvalue weighted by Crippen LogP contribution is 2.32. The predicted molar refractivity (Wildman–Crippen MR) is 140 cm³/mol. The van der Waals surface area contributed by atoms with Crippen LogP contribution in [0.5, 0.6) is 0 Å². The van der Waals surface area contributed by atoms with Crippen LogP contribution in [0.2, 0.25) is 5.15 Å². The SMILES string of the molecule is O=C(O)N[C@H]1CCN(Cc2cc3c(Cl)nccc3cc2N=C(c2ccccc2)c2ccccc2)C1=O. The number of carboxylic acid groups (broad SMARTS) is 1. The Morgan fingerprint density at radius 3 is 2.36 bits per heavy atom. The molecule has 7 nitrogen and oxygen atoms in total. The van der Waals surface area contributed by atoms with Gasteiger partial charge in [0.15, 0.2) is 0 Å². The number of likely N-dealkylation sites (tertiary alicyclic amines) is 1. The molecule has 2 heterocycles. The number of nitrogens with one attached hydrogen (secondary N) is 1. The van der Waals surface area contributed by atoms with E-state index in [9.17, 15) is 9.59 Å². The van der Waals surface area contributed by atoms with E-state index < -0.39 is 12.1 Å². The molecule has 1 aliphatic heterocycles. The summed E-state index contributed by atoms with van der Waals surface area (Å²) in [6.07, 6.45) is 0.859. The minimum absolute atomic E-state index is 0.254. The number of aliphatic imine (C=N–C) groups is 1. The number of nitrogens with zero attached hydrogens (tertiary/aromatic N) is 3. The van der Waals surface area contributed by atoms with Gasteiger partial charge < -0.3 is 15.3 Å². The minimum Gasteiger partial charge on any atom is -0.465 e. The van der Waals surface area contributed by atoms with Gasteiger partial charge in [0.2, 0.25) is 5.91 Å². The van der Waals surface area contributed by atoms with Crippen molar-refractivity contribution < 1.29 is 14.7 Å². The average molecular weight is 499 g/mol. The van der Waals surface area contributed by atoms with Gasteiger partial charge in [0.1, 0.15) is 11.2 Å². The molecule has 1 atom stereocenters. The molecule has 5 rings (SSSR count). The minimum atomic E-state index is -1.21. The maximum Gasteiger partial charge on any atom is 0.405 e. The van der Waals surface area contributed by atoms with Gasteiger partial charge in [-0.25, -0.2) is 14.8 Å². The van der Waals surface area contributed by atoms with Crippen LogP contribution in [0.15, 0.2) is 90.1 Å². The Bertz CT molecular complexity index is 1420. The lowest BCUT2D eigenvalue weighted by atomic mass is 10.0. The molecular formula is C28H23ClN4O3. The molecule has 0 radical (unpaired) electrons. The van der Waals surface area contributed by atoms with Gasteiger partial charge in [-0.1, -0.05) is 72.3 Å². The molecule has 180 valence electrons. The number of benzene rings is 3. The summed E-state index contributed by atoms with van der Waals surface area (Å²) in [6.45, 7) is 0.712. The number of carbonyl (C=O) groups is 2. The van der Waals surface area contributed by atoms with E-state index in [2.05, 4.69) is 10.3 Å². The first-order chi connectivity index (χ1) is 17.5. The van der Waals surface area contributed by atoms with E-state index in [-0.39, 0.29) is 12.5 Å². The lowest BCUT2D eigenvalue weighted by molar-refractivity contribution is -0.129. The molecule has 0 aliphatic carbocycles. The monoisotopic (exact) mass is 498 g/mol. The Morgan fingerprint density at radius 1 is 1.06 bits per heavy atom. The van der Waals surface area contributed by atoms with Crippen molar-refractivity contribution in [3.8, 4) is 0 Å². The van der Waals surface area contributed by atoms with Crippen LogP contribution in [-0.4, -0.2) is 45.3 Å². The van der Waals surface area contributed by atoms with Gasteiger partial charge in [-0.2, -0.15) is 0 Å². The van der Waals surface area contributed by atoms with Crippen molar-refractivity contribution in [3.63, 3.8) is 0 Å². The number of aromatic nitrogens is 1. The third-order valence-corrected chi connectivity index (χ3v) is 6.50. The van der Waals surface area contributed by atoms with Crippen LogP contribution >= 0.6 is 11.6 Å². The first-order valence-corrected chi connectivity index (χ1v) is 11.9. The number of hydrogen-bond acceptors (Lipinski definition) is 4. The zero-order chi connectivity index (χ0) is 25.1. The normalized spacial score (nSPS) is 15.2. The second-order valence-electron chi connectivity index (χ2n) is 8.55. The lowest BCUT2D eigenvalue weighted by Gasteiger charge is -2.19. The summed E-state index contributed by atoms with van der Waals surface area (Å²) >= 11 is 6.40. The highest BCUT2D eigenvalue weighted by atomic mass is 35.5. The summed E-state index contributed by atoms with van der Waals surface area (Å²) in [5.74, 6) is -0.254. The van der Waals surface area contributed by atoms with E-state index in [0.717, 1.165) is 33.2 Å². The molecule has 1 fully saturated rings. The molecule has 8 heteroatoms. The van der Waals surface area contributed by atoms with Gasteiger partial charge in [-0.15, -0.1) is 0 Å². The molecule has 1 saturated heterocycles. The fourth-order valence-corrected chi connectivity index (χ4v) is 4.66. The molecule has 2 N–H and O–H groups in total. The molecule has 1 aromatic heterocycles. The molecule has 4 aromatic rings. The summed E-state index contributed by atoms with van der Waals surface area (Å²) in [5, 5.41) is 13.4. The largest absolute Gasteiger partial charge is 0.465 e. The van der Waals surface area contributed by atoms with E-state index in [1.54, 1.807) is 11.1 Å². The van der Waals surface area contributed by atoms with Crippen molar-refractivity contribution in [2.24, 2.45) is 4.99 Å². The topological polar surface area (TPSA) is 94.9 Å². The third-order valence-electron chi connectivity index (χ3n) is 6.20. The number of hydrogen-bond donors (Lipinski definition) is 2.